The summed E-state index contributed by atoms with van der Waals surface area (Å²) in [6, 6.07) is 24.1. The Morgan fingerprint density at radius 1 is 1.09 bits per heavy atom. The molecule has 0 fully saturated rings. The molecule has 1 aliphatic carbocycles. The van der Waals surface area contributed by atoms with Gasteiger partial charge in [-0.2, -0.15) is 0 Å². The predicted octanol–water partition coefficient (Wildman–Crippen LogP) is 6.56. The highest BCUT2D eigenvalue weighted by Gasteiger charge is 2.32. The average Bonchev–Trinajstić information content (AvgIpc) is 3.37. The molecule has 5 aromatic rings. The molecule has 7 rings (SSSR count). The highest BCUT2D eigenvalue weighted by Crippen LogP contribution is 2.41. The second kappa shape index (κ2) is 12.3. The summed E-state index contributed by atoms with van der Waals surface area (Å²) >= 11 is 3.49. The fraction of sp³-hybridized carbons (Fsp3) is 0.143. The van der Waals surface area contributed by atoms with E-state index in [0.29, 0.717) is 20.8 Å². The molecule has 0 N–H and O–H groups in total. The predicted molar refractivity (Wildman–Crippen MR) is 182 cm³/mol. The Labute approximate surface area is 280 Å². The Hall–Kier alpha value is -4.62. The SMILES string of the molecule is COc1cc(/C=c2/sc3n(c2=O)[C@H](c2ccc(F)cc2)C2=C(N=3)c3ccccc3CC2)cc(I)c1OCc1ccc([N+](=O)[O-])cc1. The molecule has 1 aromatic heterocycles. The maximum absolute atomic E-state index is 14.1. The van der Waals surface area contributed by atoms with Gasteiger partial charge in [-0.25, -0.2) is 9.38 Å². The van der Waals surface area contributed by atoms with E-state index in [1.165, 1.54) is 41.2 Å². The third-order valence-electron chi connectivity index (χ3n) is 8.14. The Morgan fingerprint density at radius 3 is 2.59 bits per heavy atom. The number of hydrogen-bond donors (Lipinski definition) is 0. The lowest BCUT2D eigenvalue weighted by molar-refractivity contribution is -0.384. The Kier molecular flexibility index (Phi) is 8.03. The highest BCUT2D eigenvalue weighted by atomic mass is 127. The van der Waals surface area contributed by atoms with Crippen LogP contribution in [0.15, 0.2) is 100 Å². The van der Waals surface area contributed by atoms with Gasteiger partial charge in [-0.1, -0.05) is 47.7 Å². The first-order chi connectivity index (χ1) is 22.3. The van der Waals surface area contributed by atoms with Crippen LogP contribution >= 0.6 is 33.9 Å². The van der Waals surface area contributed by atoms with Crippen LogP contribution in [0.2, 0.25) is 0 Å². The van der Waals surface area contributed by atoms with Crippen molar-refractivity contribution in [3.8, 4) is 11.5 Å². The van der Waals surface area contributed by atoms with Crippen molar-refractivity contribution in [3.63, 3.8) is 0 Å². The van der Waals surface area contributed by atoms with Gasteiger partial charge in [-0.15, -0.1) is 0 Å². The molecule has 0 saturated carbocycles. The lowest BCUT2D eigenvalue weighted by Gasteiger charge is -2.30. The lowest BCUT2D eigenvalue weighted by atomic mass is 9.83. The zero-order chi connectivity index (χ0) is 31.9. The third-order valence-corrected chi connectivity index (χ3v) is 9.92. The molecule has 0 unspecified atom stereocenters. The summed E-state index contributed by atoms with van der Waals surface area (Å²) < 4.78 is 28.7. The molecule has 0 radical (unpaired) electrons. The Balaban J connectivity index is 1.28. The number of aromatic nitrogens is 1. The van der Waals surface area contributed by atoms with Gasteiger partial charge in [0.2, 0.25) is 0 Å². The molecule has 2 heterocycles. The topological polar surface area (TPSA) is 96.0 Å². The maximum Gasteiger partial charge on any atom is 0.271 e. The fourth-order valence-electron chi connectivity index (χ4n) is 5.95. The van der Waals surface area contributed by atoms with E-state index in [2.05, 4.69) is 34.7 Å². The third kappa shape index (κ3) is 5.53. The van der Waals surface area contributed by atoms with E-state index in [4.69, 9.17) is 14.5 Å². The van der Waals surface area contributed by atoms with E-state index in [9.17, 15) is 19.3 Å². The molecule has 8 nitrogen and oxygen atoms in total. The summed E-state index contributed by atoms with van der Waals surface area (Å²) in [5, 5.41) is 11.0. The second-order valence-corrected chi connectivity index (χ2v) is 13.1. The van der Waals surface area contributed by atoms with Crippen LogP contribution in [0, 0.1) is 19.5 Å². The van der Waals surface area contributed by atoms with Gasteiger partial charge in [-0.05, 0) is 106 Å². The number of non-ortho nitro benzene ring substituents is 1. The summed E-state index contributed by atoms with van der Waals surface area (Å²) in [6.45, 7) is 0.194. The van der Waals surface area contributed by atoms with Gasteiger partial charge in [0.15, 0.2) is 16.3 Å². The normalized spacial score (nSPS) is 15.5. The van der Waals surface area contributed by atoms with Gasteiger partial charge >= 0.3 is 0 Å². The molecule has 11 heteroatoms. The monoisotopic (exact) mass is 745 g/mol. The number of nitrogens with zero attached hydrogens (tertiary/aromatic N) is 3. The largest absolute Gasteiger partial charge is 0.493 e. The van der Waals surface area contributed by atoms with Crippen molar-refractivity contribution in [3.05, 3.63) is 158 Å². The molecule has 0 amide bonds. The van der Waals surface area contributed by atoms with Crippen molar-refractivity contribution in [2.24, 2.45) is 4.99 Å². The second-order valence-electron chi connectivity index (χ2n) is 10.9. The first-order valence-electron chi connectivity index (χ1n) is 14.4. The standard InChI is InChI=1S/C35H25FIN3O5S/c1-44-29-17-21(16-28(37)33(29)45-19-20-6-13-25(14-7-20)40(42)43)18-30-34(41)39-32(23-8-11-24(36)12-9-23)27-15-10-22-4-2-3-5-26(22)31(27)38-35(39)46-30/h2-9,11-14,16-18,32H,10,15,19H2,1H3/b30-18+/t32-/m1/s1. The number of nitro benzene ring substituents is 1. The first kappa shape index (κ1) is 30.1. The molecule has 0 saturated heterocycles. The number of benzene rings is 4. The molecular weight excluding hydrogens is 720 g/mol. The summed E-state index contributed by atoms with van der Waals surface area (Å²) in [5.41, 5.74) is 6.43. The summed E-state index contributed by atoms with van der Waals surface area (Å²) in [7, 11) is 1.55. The molecule has 230 valence electrons. The minimum Gasteiger partial charge on any atom is -0.493 e. The van der Waals surface area contributed by atoms with Crippen LogP contribution in [0.25, 0.3) is 11.8 Å². The van der Waals surface area contributed by atoms with E-state index < -0.39 is 11.0 Å². The number of hydrogen-bond acceptors (Lipinski definition) is 7. The van der Waals surface area contributed by atoms with Gasteiger partial charge < -0.3 is 9.47 Å². The molecule has 1 aliphatic heterocycles. The molecular formula is C35H25FIN3O5S. The van der Waals surface area contributed by atoms with E-state index in [1.807, 2.05) is 30.3 Å². The molecule has 0 spiro atoms. The molecule has 46 heavy (non-hydrogen) atoms. The quantitative estimate of drug-likeness (QED) is 0.107. The van der Waals surface area contributed by atoms with Crippen LogP contribution in [0.1, 0.15) is 40.3 Å². The van der Waals surface area contributed by atoms with Gasteiger partial charge in [0.1, 0.15) is 12.4 Å². The van der Waals surface area contributed by atoms with E-state index in [1.54, 1.807) is 35.9 Å². The Bertz CT molecular complexity index is 2230. The molecule has 1 atom stereocenters. The van der Waals surface area contributed by atoms with E-state index >= 15 is 0 Å². The zero-order valence-electron chi connectivity index (χ0n) is 24.4. The Morgan fingerprint density at radius 2 is 1.85 bits per heavy atom. The average molecular weight is 746 g/mol. The highest BCUT2D eigenvalue weighted by molar-refractivity contribution is 14.1. The van der Waals surface area contributed by atoms with Gasteiger partial charge in [0.05, 0.1) is 31.9 Å². The van der Waals surface area contributed by atoms with Crippen molar-refractivity contribution >= 4 is 51.4 Å². The van der Waals surface area contributed by atoms with Crippen LogP contribution in [0.3, 0.4) is 0 Å². The first-order valence-corrected chi connectivity index (χ1v) is 16.3. The van der Waals surface area contributed by atoms with Crippen LogP contribution < -0.4 is 24.4 Å². The summed E-state index contributed by atoms with van der Waals surface area (Å²) in [6.07, 6.45) is 3.41. The summed E-state index contributed by atoms with van der Waals surface area (Å²) in [4.78, 5) is 30.3. The number of fused-ring (bicyclic) bond motifs is 3. The van der Waals surface area contributed by atoms with Crippen LogP contribution in [-0.4, -0.2) is 16.6 Å². The van der Waals surface area contributed by atoms with Crippen LogP contribution in [0.4, 0.5) is 10.1 Å². The van der Waals surface area contributed by atoms with Crippen LogP contribution in [-0.2, 0) is 13.0 Å². The van der Waals surface area contributed by atoms with Crippen molar-refractivity contribution in [2.75, 3.05) is 7.11 Å². The number of halogens is 2. The van der Waals surface area contributed by atoms with E-state index in [-0.39, 0.29) is 23.7 Å². The number of ether oxygens (including phenoxy) is 2. The maximum atomic E-state index is 14.1. The minimum absolute atomic E-state index is 0.0134. The van der Waals surface area contributed by atoms with Crippen molar-refractivity contribution in [1.82, 2.24) is 4.57 Å². The zero-order valence-corrected chi connectivity index (χ0v) is 27.4. The van der Waals surface area contributed by atoms with Crippen LogP contribution in [0.5, 0.6) is 11.5 Å². The molecule has 2 aliphatic rings. The summed E-state index contributed by atoms with van der Waals surface area (Å²) in [5.74, 6) is 0.690. The minimum atomic E-state index is -0.442. The number of nitro groups is 1. The molecule has 4 aromatic carbocycles. The van der Waals surface area contributed by atoms with Crippen molar-refractivity contribution in [2.45, 2.75) is 25.5 Å². The van der Waals surface area contributed by atoms with Gasteiger partial charge in [0.25, 0.3) is 11.2 Å². The number of aryl methyl sites for hydroxylation is 1. The lowest BCUT2D eigenvalue weighted by Crippen LogP contribution is -2.38. The number of thiazole rings is 1. The number of methoxy groups -OCH3 is 1. The van der Waals surface area contributed by atoms with Crippen molar-refractivity contribution < 1.29 is 18.8 Å². The van der Waals surface area contributed by atoms with Gasteiger partial charge in [0, 0.05) is 17.7 Å². The fourth-order valence-corrected chi connectivity index (χ4v) is 7.73. The van der Waals surface area contributed by atoms with Crippen molar-refractivity contribution in [1.29, 1.82) is 0 Å². The van der Waals surface area contributed by atoms with Gasteiger partial charge in [-0.3, -0.25) is 19.5 Å². The smallest absolute Gasteiger partial charge is 0.271 e. The molecule has 0 bridgehead atoms. The van der Waals surface area contributed by atoms with E-state index in [0.717, 1.165) is 49.9 Å². The number of rotatable bonds is 7. The number of allylic oxidation sites excluding steroid dienone is 1.